The normalized spacial score (nSPS) is 19.7. The number of nitriles is 1. The number of nitrogens with two attached hydrogens (primary N) is 1. The van der Waals surface area contributed by atoms with Gasteiger partial charge in [0, 0.05) is 30.3 Å². The van der Waals surface area contributed by atoms with Crippen LogP contribution in [0, 0.1) is 17.3 Å². The van der Waals surface area contributed by atoms with E-state index in [9.17, 15) is 9.18 Å². The first-order valence-electron chi connectivity index (χ1n) is 7.65. The van der Waals surface area contributed by atoms with E-state index < -0.39 is 11.7 Å². The van der Waals surface area contributed by atoms with Gasteiger partial charge in [0.25, 0.3) is 0 Å². The Morgan fingerprint density at radius 2 is 2.26 bits per heavy atom. The summed E-state index contributed by atoms with van der Waals surface area (Å²) in [6.07, 6.45) is 3.51. The van der Waals surface area contributed by atoms with Gasteiger partial charge in [0.05, 0.1) is 5.69 Å². The third kappa shape index (κ3) is 2.52. The highest BCUT2D eigenvalue weighted by molar-refractivity contribution is 5.99. The van der Waals surface area contributed by atoms with Crippen LogP contribution in [0.5, 0.6) is 0 Å². The lowest BCUT2D eigenvalue weighted by Gasteiger charge is -2.20. The number of nitrogens with zero attached hydrogens (tertiary/aromatic N) is 2. The van der Waals surface area contributed by atoms with Crippen molar-refractivity contribution in [2.45, 2.75) is 32.7 Å². The minimum Gasteiger partial charge on any atom is -0.378 e. The molecule has 1 aromatic carbocycles. The first kappa shape index (κ1) is 15.3. The van der Waals surface area contributed by atoms with Crippen LogP contribution in [0.15, 0.2) is 11.6 Å². The lowest BCUT2D eigenvalue weighted by molar-refractivity contribution is 0.0999. The number of allylic oxidation sites excluding steroid dienone is 2. The van der Waals surface area contributed by atoms with Gasteiger partial charge in [0.2, 0.25) is 5.91 Å². The molecule has 0 bridgehead atoms. The summed E-state index contributed by atoms with van der Waals surface area (Å²) in [7, 11) is 0. The van der Waals surface area contributed by atoms with Crippen LogP contribution >= 0.6 is 0 Å². The van der Waals surface area contributed by atoms with Crippen molar-refractivity contribution in [1.29, 1.82) is 5.26 Å². The highest BCUT2D eigenvalue weighted by Gasteiger charge is 2.29. The molecular weight excluding hydrogens is 295 g/mol. The maximum atomic E-state index is 14.6. The summed E-state index contributed by atoms with van der Waals surface area (Å²) >= 11 is 0. The number of hydrogen-bond donors (Lipinski definition) is 2. The van der Waals surface area contributed by atoms with Crippen LogP contribution < -0.4 is 11.1 Å². The fourth-order valence-corrected chi connectivity index (χ4v) is 3.43. The lowest BCUT2D eigenvalue weighted by Crippen LogP contribution is -2.25. The highest BCUT2D eigenvalue weighted by atomic mass is 19.1. The molecule has 1 heterocycles. The van der Waals surface area contributed by atoms with Crippen molar-refractivity contribution in [2.75, 3.05) is 18.4 Å². The molecule has 120 valence electrons. The molecule has 2 aliphatic rings. The second kappa shape index (κ2) is 5.58. The summed E-state index contributed by atoms with van der Waals surface area (Å²) in [5.41, 5.74) is 9.74. The molecule has 1 fully saturated rings. The van der Waals surface area contributed by atoms with E-state index in [1.165, 1.54) is 6.07 Å². The SMILES string of the molecule is CC1=C(C)c2c(c(C(N)=O)cc(F)c2N[C@H]2CCN(C#N)C2)C1. The van der Waals surface area contributed by atoms with Crippen molar-refractivity contribution in [3.8, 4) is 6.19 Å². The summed E-state index contributed by atoms with van der Waals surface area (Å²) in [5.74, 6) is -1.08. The Labute approximate surface area is 134 Å². The average Bonchev–Trinajstić information content (AvgIpc) is 3.07. The molecule has 23 heavy (non-hydrogen) atoms. The number of hydrogen-bond acceptors (Lipinski definition) is 4. The molecule has 0 radical (unpaired) electrons. The molecule has 3 N–H and O–H groups in total. The first-order chi connectivity index (χ1) is 10.9. The van der Waals surface area contributed by atoms with Crippen molar-refractivity contribution in [3.05, 3.63) is 34.1 Å². The minimum absolute atomic E-state index is 0.0152. The summed E-state index contributed by atoms with van der Waals surface area (Å²) in [6, 6.07) is 1.24. The number of rotatable bonds is 3. The van der Waals surface area contributed by atoms with Crippen molar-refractivity contribution in [1.82, 2.24) is 4.90 Å². The van der Waals surface area contributed by atoms with Crippen LogP contribution in [0.3, 0.4) is 0 Å². The average molecular weight is 314 g/mol. The van der Waals surface area contributed by atoms with E-state index in [4.69, 9.17) is 11.0 Å². The Bertz CT molecular complexity index is 763. The molecule has 1 atom stereocenters. The van der Waals surface area contributed by atoms with Gasteiger partial charge in [0.15, 0.2) is 6.19 Å². The van der Waals surface area contributed by atoms with Crippen molar-refractivity contribution in [2.24, 2.45) is 5.73 Å². The van der Waals surface area contributed by atoms with Gasteiger partial charge in [-0.15, -0.1) is 0 Å². The smallest absolute Gasteiger partial charge is 0.249 e. The molecule has 1 amide bonds. The van der Waals surface area contributed by atoms with Gasteiger partial charge in [-0.25, -0.2) is 4.39 Å². The molecule has 0 saturated carbocycles. The van der Waals surface area contributed by atoms with E-state index in [1.807, 2.05) is 13.8 Å². The summed E-state index contributed by atoms with van der Waals surface area (Å²) in [6.45, 7) is 5.15. The van der Waals surface area contributed by atoms with Crippen molar-refractivity contribution < 1.29 is 9.18 Å². The molecule has 5 nitrogen and oxygen atoms in total. The van der Waals surface area contributed by atoms with E-state index >= 15 is 0 Å². The molecule has 0 unspecified atom stereocenters. The van der Waals surface area contributed by atoms with Crippen molar-refractivity contribution >= 4 is 17.2 Å². The molecular formula is C17H19FN4O. The summed E-state index contributed by atoms with van der Waals surface area (Å²) in [4.78, 5) is 13.3. The second-order valence-corrected chi connectivity index (χ2v) is 6.26. The summed E-state index contributed by atoms with van der Waals surface area (Å²) < 4.78 is 14.6. The van der Waals surface area contributed by atoms with Crippen LogP contribution in [0.1, 0.15) is 41.8 Å². The van der Waals surface area contributed by atoms with Crippen molar-refractivity contribution in [3.63, 3.8) is 0 Å². The zero-order chi connectivity index (χ0) is 16.7. The molecule has 1 aromatic rings. The van der Waals surface area contributed by atoms with E-state index in [0.29, 0.717) is 25.2 Å². The molecule has 1 aliphatic heterocycles. The van der Waals surface area contributed by atoms with Crippen LogP contribution in [0.4, 0.5) is 10.1 Å². The topological polar surface area (TPSA) is 82.2 Å². The van der Waals surface area contributed by atoms with Crippen LogP contribution in [0.25, 0.3) is 5.57 Å². The molecule has 1 saturated heterocycles. The molecule has 1 aliphatic carbocycles. The number of anilines is 1. The second-order valence-electron chi connectivity index (χ2n) is 6.26. The molecule has 0 spiro atoms. The Morgan fingerprint density at radius 3 is 2.87 bits per heavy atom. The summed E-state index contributed by atoms with van der Waals surface area (Å²) in [5, 5.41) is 12.2. The Kier molecular flexibility index (Phi) is 3.72. The number of carbonyl (C=O) groups is 1. The van der Waals surface area contributed by atoms with Crippen LogP contribution in [-0.4, -0.2) is 29.9 Å². The predicted octanol–water partition coefficient (Wildman–Crippen LogP) is 2.24. The van der Waals surface area contributed by atoms with Gasteiger partial charge < -0.3 is 16.0 Å². The fourth-order valence-electron chi connectivity index (χ4n) is 3.43. The lowest BCUT2D eigenvalue weighted by atomic mass is 9.97. The number of likely N-dealkylation sites (tertiary alicyclic amines) is 1. The Hall–Kier alpha value is -2.55. The molecule has 0 aromatic heterocycles. The first-order valence-corrected chi connectivity index (χ1v) is 7.65. The zero-order valence-electron chi connectivity index (χ0n) is 13.2. The maximum Gasteiger partial charge on any atom is 0.249 e. The van der Waals surface area contributed by atoms with Gasteiger partial charge in [0.1, 0.15) is 5.82 Å². The zero-order valence-corrected chi connectivity index (χ0v) is 13.2. The number of carbonyl (C=O) groups excluding carboxylic acids is 1. The van der Waals surface area contributed by atoms with Gasteiger partial charge in [-0.05, 0) is 43.9 Å². The van der Waals surface area contributed by atoms with Gasteiger partial charge in [-0.3, -0.25) is 4.79 Å². The number of nitrogens with one attached hydrogen (secondary N) is 1. The molecule has 6 heteroatoms. The van der Waals surface area contributed by atoms with Crippen LogP contribution in [0.2, 0.25) is 0 Å². The standard InChI is InChI=1S/C17H19FN4O/c1-9-5-12-13(17(20)23)6-14(18)16(15(12)10(9)2)21-11-3-4-22(7-11)8-19/h6,11,21H,3-5,7H2,1-2H3,(H2,20,23)/t11-/m0/s1. The quantitative estimate of drug-likeness (QED) is 0.838. The Balaban J connectivity index is 2.03. The third-order valence-electron chi connectivity index (χ3n) is 4.79. The van der Waals surface area contributed by atoms with Gasteiger partial charge in [-0.2, -0.15) is 5.26 Å². The number of halogens is 1. The van der Waals surface area contributed by atoms with E-state index in [1.54, 1.807) is 4.90 Å². The minimum atomic E-state index is -0.606. The van der Waals surface area contributed by atoms with Gasteiger partial charge in [-0.1, -0.05) is 5.57 Å². The Morgan fingerprint density at radius 1 is 1.52 bits per heavy atom. The van der Waals surface area contributed by atoms with Gasteiger partial charge >= 0.3 is 0 Å². The number of primary amides is 1. The number of fused-ring (bicyclic) bond motifs is 1. The predicted molar refractivity (Wildman–Crippen MR) is 86.1 cm³/mol. The fraction of sp³-hybridized carbons (Fsp3) is 0.412. The van der Waals surface area contributed by atoms with E-state index in [-0.39, 0.29) is 11.6 Å². The molecule has 3 rings (SSSR count). The highest BCUT2D eigenvalue weighted by Crippen LogP contribution is 2.41. The van der Waals surface area contributed by atoms with E-state index in [0.717, 1.165) is 28.7 Å². The number of benzene rings is 1. The third-order valence-corrected chi connectivity index (χ3v) is 4.79. The van der Waals surface area contributed by atoms with E-state index in [2.05, 4.69) is 11.5 Å². The monoisotopic (exact) mass is 314 g/mol. The maximum absolute atomic E-state index is 14.6. The number of amides is 1. The van der Waals surface area contributed by atoms with Crippen LogP contribution in [-0.2, 0) is 6.42 Å². The largest absolute Gasteiger partial charge is 0.378 e.